The van der Waals surface area contributed by atoms with Crippen LogP contribution in [0.1, 0.15) is 47.4 Å². The van der Waals surface area contributed by atoms with Gasteiger partial charge in [-0.1, -0.05) is 13.0 Å². The molecule has 3 aromatic rings. The molecule has 0 spiro atoms. The predicted molar refractivity (Wildman–Crippen MR) is 110 cm³/mol. The molecule has 1 aliphatic carbocycles. The highest BCUT2D eigenvalue weighted by Gasteiger charge is 2.29. The molecule has 1 fully saturated rings. The van der Waals surface area contributed by atoms with Gasteiger partial charge in [0.15, 0.2) is 21.3 Å². The quantitative estimate of drug-likeness (QED) is 0.636. The second kappa shape index (κ2) is 7.55. The average Bonchev–Trinajstić information content (AvgIpc) is 3.52. The predicted octanol–water partition coefficient (Wildman–Crippen LogP) is 2.17. The number of aryl methyl sites for hydroxylation is 1. The summed E-state index contributed by atoms with van der Waals surface area (Å²) in [7, 11) is -3.14. The van der Waals surface area contributed by atoms with E-state index in [1.54, 1.807) is 17.8 Å². The molecule has 0 aromatic carbocycles. The molecule has 9 heteroatoms. The van der Waals surface area contributed by atoms with Gasteiger partial charge < -0.3 is 5.32 Å². The van der Waals surface area contributed by atoms with Crippen molar-refractivity contribution in [3.63, 3.8) is 0 Å². The van der Waals surface area contributed by atoms with Crippen molar-refractivity contribution < 1.29 is 13.2 Å². The summed E-state index contributed by atoms with van der Waals surface area (Å²) in [6, 6.07) is 7.36. The Labute approximate surface area is 169 Å². The first-order valence-corrected chi connectivity index (χ1v) is 11.5. The second-order valence-corrected chi connectivity index (χ2v) is 9.72. The van der Waals surface area contributed by atoms with Crippen LogP contribution in [0.5, 0.6) is 0 Å². The van der Waals surface area contributed by atoms with Gasteiger partial charge in [-0.05, 0) is 38.0 Å². The van der Waals surface area contributed by atoms with Crippen molar-refractivity contribution in [2.24, 2.45) is 0 Å². The molecule has 3 aromatic heterocycles. The zero-order valence-corrected chi connectivity index (χ0v) is 17.2. The summed E-state index contributed by atoms with van der Waals surface area (Å²) in [4.78, 5) is 22.1. The Bertz CT molecular complexity index is 1170. The number of nitrogens with zero attached hydrogens (tertiary/aromatic N) is 4. The number of nitrogens with one attached hydrogen (secondary N) is 1. The highest BCUT2D eigenvalue weighted by Crippen LogP contribution is 2.40. The van der Waals surface area contributed by atoms with E-state index < -0.39 is 9.84 Å². The van der Waals surface area contributed by atoms with Crippen LogP contribution in [0.2, 0.25) is 0 Å². The number of hydrogen-bond acceptors (Lipinski definition) is 6. The number of fused-ring (bicyclic) bond motifs is 1. The molecule has 1 N–H and O–H groups in total. The molecule has 0 unspecified atom stereocenters. The van der Waals surface area contributed by atoms with Crippen LogP contribution < -0.4 is 5.32 Å². The number of hydrogen-bond donors (Lipinski definition) is 1. The Hall–Kier alpha value is -2.81. The molecule has 8 nitrogen and oxygen atoms in total. The summed E-state index contributed by atoms with van der Waals surface area (Å²) in [5, 5.41) is 7.98. The molecule has 0 radical (unpaired) electrons. The molecule has 0 saturated heterocycles. The number of carbonyl (C=O) groups excluding carboxylic acids is 1. The van der Waals surface area contributed by atoms with Crippen LogP contribution >= 0.6 is 0 Å². The fourth-order valence-electron chi connectivity index (χ4n) is 3.27. The van der Waals surface area contributed by atoms with Crippen molar-refractivity contribution >= 4 is 26.8 Å². The van der Waals surface area contributed by atoms with Crippen LogP contribution in [-0.2, 0) is 9.84 Å². The van der Waals surface area contributed by atoms with Crippen molar-refractivity contribution in [1.29, 1.82) is 0 Å². The number of rotatable bonds is 7. The lowest BCUT2D eigenvalue weighted by Gasteiger charge is -2.09. The van der Waals surface area contributed by atoms with E-state index >= 15 is 0 Å². The molecule has 29 heavy (non-hydrogen) atoms. The van der Waals surface area contributed by atoms with E-state index in [9.17, 15) is 13.2 Å². The van der Waals surface area contributed by atoms with Gasteiger partial charge in [0.1, 0.15) is 0 Å². The van der Waals surface area contributed by atoms with Gasteiger partial charge in [0, 0.05) is 30.1 Å². The average molecular weight is 414 g/mol. The minimum absolute atomic E-state index is 0.0597. The van der Waals surface area contributed by atoms with Crippen molar-refractivity contribution in [2.75, 3.05) is 18.1 Å². The fraction of sp³-hybridized carbons (Fsp3) is 0.400. The van der Waals surface area contributed by atoms with E-state index in [1.807, 2.05) is 31.2 Å². The van der Waals surface area contributed by atoms with Crippen LogP contribution in [-0.4, -0.2) is 52.1 Å². The summed E-state index contributed by atoms with van der Waals surface area (Å²) in [5.41, 5.74) is 2.61. The lowest BCUT2D eigenvalue weighted by molar-refractivity contribution is 0.0957. The molecule has 4 rings (SSSR count). The highest BCUT2D eigenvalue weighted by molar-refractivity contribution is 7.91. The molecule has 1 saturated carbocycles. The third-order valence-corrected chi connectivity index (χ3v) is 6.78. The summed E-state index contributed by atoms with van der Waals surface area (Å²) < 4.78 is 25.1. The maximum absolute atomic E-state index is 12.9. The van der Waals surface area contributed by atoms with Gasteiger partial charge in [-0.2, -0.15) is 9.78 Å². The van der Waals surface area contributed by atoms with Crippen molar-refractivity contribution in [3.05, 3.63) is 47.4 Å². The van der Waals surface area contributed by atoms with Crippen LogP contribution in [0.4, 0.5) is 0 Å². The maximum Gasteiger partial charge on any atom is 0.252 e. The Morgan fingerprint density at radius 3 is 2.76 bits per heavy atom. The number of amides is 1. The van der Waals surface area contributed by atoms with Gasteiger partial charge in [-0.25, -0.2) is 18.4 Å². The van der Waals surface area contributed by atoms with E-state index in [-0.39, 0.29) is 24.0 Å². The molecule has 3 heterocycles. The van der Waals surface area contributed by atoms with Gasteiger partial charge in [0.25, 0.3) is 5.91 Å². The third kappa shape index (κ3) is 4.00. The van der Waals surface area contributed by atoms with Crippen LogP contribution in [0.3, 0.4) is 0 Å². The van der Waals surface area contributed by atoms with E-state index in [2.05, 4.69) is 15.4 Å². The zero-order chi connectivity index (χ0) is 20.6. The molecular weight excluding hydrogens is 390 g/mol. The van der Waals surface area contributed by atoms with Crippen molar-refractivity contribution in [2.45, 2.75) is 32.6 Å². The fourth-order valence-corrected chi connectivity index (χ4v) is 3.98. The summed E-state index contributed by atoms with van der Waals surface area (Å²) in [6.45, 7) is 3.50. The number of aromatic nitrogens is 4. The number of carbonyl (C=O) groups is 1. The largest absolute Gasteiger partial charge is 0.351 e. The van der Waals surface area contributed by atoms with Gasteiger partial charge in [-0.3, -0.25) is 4.79 Å². The Morgan fingerprint density at radius 1 is 1.31 bits per heavy atom. The SMILES string of the molecule is CCS(=O)(=O)CCNC(=O)c1cc(C2CC2)nc2c1c(C)nn2-c1ccccn1. The molecule has 0 aliphatic heterocycles. The molecule has 1 aliphatic rings. The third-order valence-electron chi connectivity index (χ3n) is 5.08. The topological polar surface area (TPSA) is 107 Å². The molecule has 0 bridgehead atoms. The van der Waals surface area contributed by atoms with Crippen LogP contribution in [0.15, 0.2) is 30.5 Å². The highest BCUT2D eigenvalue weighted by atomic mass is 32.2. The smallest absolute Gasteiger partial charge is 0.252 e. The van der Waals surface area contributed by atoms with Gasteiger partial charge in [0.2, 0.25) is 0 Å². The van der Waals surface area contributed by atoms with Gasteiger partial charge in [-0.15, -0.1) is 0 Å². The summed E-state index contributed by atoms with van der Waals surface area (Å²) in [6.07, 6.45) is 3.78. The van der Waals surface area contributed by atoms with Crippen molar-refractivity contribution in [3.8, 4) is 5.82 Å². The Kier molecular flexibility index (Phi) is 5.08. The first kappa shape index (κ1) is 19.5. The lowest BCUT2D eigenvalue weighted by Crippen LogP contribution is -2.30. The normalized spacial score (nSPS) is 14.3. The molecule has 0 atom stereocenters. The molecule has 152 valence electrons. The maximum atomic E-state index is 12.9. The summed E-state index contributed by atoms with van der Waals surface area (Å²) >= 11 is 0. The first-order chi connectivity index (χ1) is 13.9. The van der Waals surface area contributed by atoms with E-state index in [1.165, 1.54) is 0 Å². The summed E-state index contributed by atoms with van der Waals surface area (Å²) in [5.74, 6) is 0.648. The minimum Gasteiger partial charge on any atom is -0.351 e. The monoisotopic (exact) mass is 413 g/mol. The lowest BCUT2D eigenvalue weighted by atomic mass is 10.1. The van der Waals surface area contributed by atoms with E-state index in [4.69, 9.17) is 4.98 Å². The standard InChI is InChI=1S/C20H23N5O3S/c1-3-29(27,28)11-10-22-20(26)15-12-16(14-7-8-14)23-19-18(15)13(2)24-25(19)17-6-4-5-9-21-17/h4-6,9,12,14H,3,7-8,10-11H2,1-2H3,(H,22,26). The van der Waals surface area contributed by atoms with Crippen LogP contribution in [0, 0.1) is 6.92 Å². The Balaban J connectivity index is 1.75. The van der Waals surface area contributed by atoms with Gasteiger partial charge in [0.05, 0.1) is 22.4 Å². The van der Waals surface area contributed by atoms with Gasteiger partial charge >= 0.3 is 0 Å². The number of sulfone groups is 1. The Morgan fingerprint density at radius 2 is 2.10 bits per heavy atom. The molecular formula is C20H23N5O3S. The number of pyridine rings is 2. The molecule has 1 amide bonds. The minimum atomic E-state index is -3.14. The first-order valence-electron chi connectivity index (χ1n) is 9.70. The van der Waals surface area contributed by atoms with Crippen molar-refractivity contribution in [1.82, 2.24) is 25.1 Å². The van der Waals surface area contributed by atoms with E-state index in [0.29, 0.717) is 34.0 Å². The second-order valence-electron chi connectivity index (χ2n) is 7.24. The van der Waals surface area contributed by atoms with E-state index in [0.717, 1.165) is 18.5 Å². The zero-order valence-electron chi connectivity index (χ0n) is 16.4. The van der Waals surface area contributed by atoms with Crippen LogP contribution in [0.25, 0.3) is 16.9 Å².